The lowest BCUT2D eigenvalue weighted by Gasteiger charge is -2.23. The minimum absolute atomic E-state index is 0.0136. The maximum Gasteiger partial charge on any atom is 0.244 e. The molecule has 180 valence electrons. The van der Waals surface area contributed by atoms with E-state index in [0.29, 0.717) is 17.1 Å². The number of hydrogen-bond acceptors (Lipinski definition) is 7. The molecule has 0 radical (unpaired) electrons. The van der Waals surface area contributed by atoms with E-state index in [-0.39, 0.29) is 21.9 Å². The molecule has 0 aliphatic carbocycles. The van der Waals surface area contributed by atoms with Crippen molar-refractivity contribution in [2.45, 2.75) is 45.1 Å². The van der Waals surface area contributed by atoms with Crippen LogP contribution >= 0.6 is 11.3 Å². The van der Waals surface area contributed by atoms with Crippen molar-refractivity contribution in [2.24, 2.45) is 5.92 Å². The first kappa shape index (κ1) is 25.5. The Labute approximate surface area is 203 Å². The van der Waals surface area contributed by atoms with E-state index in [2.05, 4.69) is 25.6 Å². The van der Waals surface area contributed by atoms with Crippen molar-refractivity contribution >= 4 is 44.0 Å². The van der Waals surface area contributed by atoms with E-state index in [9.17, 15) is 18.0 Å². The van der Waals surface area contributed by atoms with Crippen LogP contribution in [0.5, 0.6) is 0 Å². The first-order valence-electron chi connectivity index (χ1n) is 10.7. The molecule has 3 N–H and O–H groups in total. The highest BCUT2D eigenvalue weighted by atomic mass is 32.2. The molecule has 3 aromatic rings. The van der Waals surface area contributed by atoms with Crippen LogP contribution in [0.4, 0.5) is 10.8 Å². The zero-order valence-corrected chi connectivity index (χ0v) is 21.0. The van der Waals surface area contributed by atoms with E-state index in [4.69, 9.17) is 0 Å². The lowest BCUT2D eigenvalue weighted by Crippen LogP contribution is -2.47. The first-order valence-corrected chi connectivity index (χ1v) is 13.0. The highest BCUT2D eigenvalue weighted by molar-refractivity contribution is 7.89. The van der Waals surface area contributed by atoms with E-state index in [1.807, 2.05) is 38.1 Å². The van der Waals surface area contributed by atoms with Crippen LogP contribution in [0, 0.1) is 12.8 Å². The van der Waals surface area contributed by atoms with Crippen LogP contribution < -0.4 is 15.4 Å². The zero-order chi connectivity index (χ0) is 24.9. The molecular weight excluding hydrogens is 474 g/mol. The number of sulfonamides is 1. The summed E-state index contributed by atoms with van der Waals surface area (Å²) in [7, 11) is -4.00. The summed E-state index contributed by atoms with van der Waals surface area (Å²) in [4.78, 5) is 24.2. The molecule has 1 heterocycles. The Bertz CT molecular complexity index is 1270. The largest absolute Gasteiger partial charge is 0.326 e. The Hall–Kier alpha value is -3.15. The SMILES string of the molecule is CCC(C)C(NS(=O)(=O)c1ccc(NC(C)=O)cc1)C(=O)Nc1nnc(-c2cccc(C)c2)s1. The van der Waals surface area contributed by atoms with E-state index < -0.39 is 22.0 Å². The van der Waals surface area contributed by atoms with Gasteiger partial charge in [-0.1, -0.05) is 55.4 Å². The number of amides is 2. The predicted molar refractivity (Wildman–Crippen MR) is 133 cm³/mol. The van der Waals surface area contributed by atoms with Crippen LogP contribution in [-0.2, 0) is 19.6 Å². The van der Waals surface area contributed by atoms with Gasteiger partial charge < -0.3 is 5.32 Å². The van der Waals surface area contributed by atoms with E-state index in [1.54, 1.807) is 6.92 Å². The maximum atomic E-state index is 13.1. The average Bonchev–Trinajstić information content (AvgIpc) is 3.25. The van der Waals surface area contributed by atoms with Crippen LogP contribution in [0.1, 0.15) is 32.8 Å². The van der Waals surface area contributed by atoms with Crippen LogP contribution in [0.25, 0.3) is 10.6 Å². The number of nitrogens with zero attached hydrogens (tertiary/aromatic N) is 2. The standard InChI is InChI=1S/C23H27N5O4S2/c1-5-15(3)20(28-34(31,32)19-11-9-18(10-12-19)24-16(4)29)21(30)25-23-27-26-22(33-23)17-8-6-7-14(2)13-17/h6-13,15,20,28H,5H2,1-4H3,(H,24,29)(H,25,27,30). The van der Waals surface area contributed by atoms with Crippen molar-refractivity contribution in [2.75, 3.05) is 10.6 Å². The van der Waals surface area contributed by atoms with Crippen molar-refractivity contribution in [3.8, 4) is 10.6 Å². The molecule has 0 saturated carbocycles. The maximum absolute atomic E-state index is 13.1. The van der Waals surface area contributed by atoms with Crippen LogP contribution in [0.15, 0.2) is 53.4 Å². The molecule has 34 heavy (non-hydrogen) atoms. The fourth-order valence-corrected chi connectivity index (χ4v) is 5.22. The summed E-state index contributed by atoms with van der Waals surface area (Å²) in [6.45, 7) is 7.01. The fourth-order valence-electron chi connectivity index (χ4n) is 3.17. The quantitative estimate of drug-likeness (QED) is 0.409. The van der Waals surface area contributed by atoms with Gasteiger partial charge in [-0.2, -0.15) is 4.72 Å². The number of aryl methyl sites for hydroxylation is 1. The summed E-state index contributed by atoms with van der Waals surface area (Å²) in [5.74, 6) is -1.05. The minimum Gasteiger partial charge on any atom is -0.326 e. The zero-order valence-electron chi connectivity index (χ0n) is 19.3. The minimum atomic E-state index is -4.00. The van der Waals surface area contributed by atoms with E-state index in [1.165, 1.54) is 42.5 Å². The van der Waals surface area contributed by atoms with Gasteiger partial charge in [-0.25, -0.2) is 8.42 Å². The molecule has 0 saturated heterocycles. The van der Waals surface area contributed by atoms with Crippen LogP contribution in [0.2, 0.25) is 0 Å². The number of carbonyl (C=O) groups is 2. The lowest BCUT2D eigenvalue weighted by molar-refractivity contribution is -0.118. The summed E-state index contributed by atoms with van der Waals surface area (Å²) < 4.78 is 28.5. The van der Waals surface area contributed by atoms with Gasteiger partial charge in [0.1, 0.15) is 11.0 Å². The number of hydrogen-bond donors (Lipinski definition) is 3. The third-order valence-corrected chi connectivity index (χ3v) is 7.53. The Balaban J connectivity index is 1.76. The molecular formula is C23H27N5O4S2. The number of aromatic nitrogens is 2. The van der Waals surface area contributed by atoms with Crippen molar-refractivity contribution in [1.29, 1.82) is 0 Å². The number of benzene rings is 2. The second-order valence-electron chi connectivity index (χ2n) is 7.96. The summed E-state index contributed by atoms with van der Waals surface area (Å²) in [5.41, 5.74) is 2.44. The molecule has 3 rings (SSSR count). The van der Waals surface area contributed by atoms with Crippen molar-refractivity contribution in [1.82, 2.24) is 14.9 Å². The molecule has 2 aromatic carbocycles. The van der Waals surface area contributed by atoms with Crippen molar-refractivity contribution in [3.05, 3.63) is 54.1 Å². The molecule has 1 aromatic heterocycles. The predicted octanol–water partition coefficient (Wildman–Crippen LogP) is 3.80. The second kappa shape index (κ2) is 10.9. The van der Waals surface area contributed by atoms with E-state index in [0.717, 1.165) is 11.1 Å². The van der Waals surface area contributed by atoms with Gasteiger partial charge in [-0.15, -0.1) is 10.2 Å². The molecule has 11 heteroatoms. The summed E-state index contributed by atoms with van der Waals surface area (Å²) in [5, 5.41) is 14.4. The average molecular weight is 502 g/mol. The summed E-state index contributed by atoms with van der Waals surface area (Å²) in [6.07, 6.45) is 0.576. The number of carbonyl (C=O) groups excluding carboxylic acids is 2. The summed E-state index contributed by atoms with van der Waals surface area (Å²) in [6, 6.07) is 12.5. The molecule has 0 fully saturated rings. The van der Waals surface area contributed by atoms with E-state index >= 15 is 0 Å². The smallest absolute Gasteiger partial charge is 0.244 e. The van der Waals surface area contributed by atoms with Crippen molar-refractivity contribution in [3.63, 3.8) is 0 Å². The molecule has 0 spiro atoms. The van der Waals surface area contributed by atoms with Crippen LogP contribution in [-0.4, -0.2) is 36.5 Å². The third-order valence-electron chi connectivity index (χ3n) is 5.18. The van der Waals surface area contributed by atoms with Gasteiger partial charge in [-0.3, -0.25) is 14.9 Å². The van der Waals surface area contributed by atoms with Gasteiger partial charge in [0, 0.05) is 18.2 Å². The molecule has 0 bridgehead atoms. The number of anilines is 2. The Kier molecular flexibility index (Phi) is 8.13. The molecule has 0 aliphatic rings. The van der Waals surface area contributed by atoms with Gasteiger partial charge in [0.05, 0.1) is 4.90 Å². The number of rotatable bonds is 9. The van der Waals surface area contributed by atoms with Gasteiger partial charge in [0.2, 0.25) is 27.0 Å². The van der Waals surface area contributed by atoms with Gasteiger partial charge in [-0.05, 0) is 43.2 Å². The molecule has 0 aliphatic heterocycles. The highest BCUT2D eigenvalue weighted by Gasteiger charge is 2.30. The Morgan fingerprint density at radius 1 is 1.06 bits per heavy atom. The van der Waals surface area contributed by atoms with Crippen molar-refractivity contribution < 1.29 is 18.0 Å². The van der Waals surface area contributed by atoms with Gasteiger partial charge in [0.15, 0.2) is 0 Å². The molecule has 2 unspecified atom stereocenters. The monoisotopic (exact) mass is 501 g/mol. The highest BCUT2D eigenvalue weighted by Crippen LogP contribution is 2.27. The lowest BCUT2D eigenvalue weighted by atomic mass is 9.99. The van der Waals surface area contributed by atoms with Crippen LogP contribution in [0.3, 0.4) is 0 Å². The molecule has 2 atom stereocenters. The normalized spacial score (nSPS) is 13.2. The number of nitrogens with one attached hydrogen (secondary N) is 3. The fraction of sp³-hybridized carbons (Fsp3) is 0.304. The third kappa shape index (κ3) is 6.46. The second-order valence-corrected chi connectivity index (χ2v) is 10.7. The summed E-state index contributed by atoms with van der Waals surface area (Å²) >= 11 is 1.21. The topological polar surface area (TPSA) is 130 Å². The van der Waals surface area contributed by atoms with Gasteiger partial charge in [0.25, 0.3) is 0 Å². The Morgan fingerprint density at radius 2 is 1.76 bits per heavy atom. The molecule has 2 amide bonds. The van der Waals surface area contributed by atoms with Gasteiger partial charge >= 0.3 is 0 Å². The Morgan fingerprint density at radius 3 is 2.38 bits per heavy atom. The first-order chi connectivity index (χ1) is 16.1. The molecule has 9 nitrogen and oxygen atoms in total.